The van der Waals surface area contributed by atoms with Gasteiger partial charge >= 0.3 is 0 Å². The molecule has 5 heterocycles. The summed E-state index contributed by atoms with van der Waals surface area (Å²) in [6.07, 6.45) is 0. The fourth-order valence-electron chi connectivity index (χ4n) is 12.7. The summed E-state index contributed by atoms with van der Waals surface area (Å²) in [6, 6.07) is 92.4. The van der Waals surface area contributed by atoms with Crippen LogP contribution in [0.25, 0.3) is 144 Å². The molecule has 0 radical (unpaired) electrons. The highest BCUT2D eigenvalue weighted by Crippen LogP contribution is 2.41. The van der Waals surface area contributed by atoms with Gasteiger partial charge in [-0.05, 0) is 128 Å². The van der Waals surface area contributed by atoms with E-state index < -0.39 is 0 Å². The van der Waals surface area contributed by atoms with Gasteiger partial charge in [-0.15, -0.1) is 0 Å². The second kappa shape index (κ2) is 17.1. The molecule has 78 heavy (non-hydrogen) atoms. The number of aryl methyl sites for hydroxylation is 2. The number of para-hydroxylation sites is 6. The molecule has 0 fully saturated rings. The number of nitrogens with zero attached hydrogens (tertiary/aromatic N) is 6. The zero-order valence-corrected chi connectivity index (χ0v) is 42.9. The monoisotopic (exact) mass is 996 g/mol. The maximum atomic E-state index is 5.32. The minimum absolute atomic E-state index is 0.693. The third kappa shape index (κ3) is 6.63. The van der Waals surface area contributed by atoms with Crippen molar-refractivity contribution in [2.24, 2.45) is 0 Å². The Hall–Kier alpha value is -10.3. The van der Waals surface area contributed by atoms with Crippen LogP contribution in [0, 0.1) is 13.8 Å². The van der Waals surface area contributed by atoms with E-state index in [-0.39, 0.29) is 0 Å². The number of benzene rings is 11. The molecule has 0 bridgehead atoms. The normalized spacial score (nSPS) is 12.0. The molecule has 0 atom stereocenters. The van der Waals surface area contributed by atoms with Gasteiger partial charge in [0.1, 0.15) is 0 Å². The number of hydrogen-bond donors (Lipinski definition) is 0. The van der Waals surface area contributed by atoms with Gasteiger partial charge < -0.3 is 18.3 Å². The number of aromatic nitrogens is 6. The fraction of sp³-hybridized carbons (Fsp3) is 0.0278. The first-order chi connectivity index (χ1) is 38.5. The predicted octanol–water partition coefficient (Wildman–Crippen LogP) is 18.5. The summed E-state index contributed by atoms with van der Waals surface area (Å²) in [7, 11) is 0. The van der Waals surface area contributed by atoms with E-state index in [1.807, 2.05) is 6.07 Å². The van der Waals surface area contributed by atoms with E-state index in [1.54, 1.807) is 0 Å². The molecule has 0 N–H and O–H groups in total. The fourth-order valence-corrected chi connectivity index (χ4v) is 12.7. The first kappa shape index (κ1) is 44.0. The average Bonchev–Trinajstić information content (AvgIpc) is 4.35. The Labute approximate surface area is 449 Å². The van der Waals surface area contributed by atoms with Gasteiger partial charge in [-0.1, -0.05) is 152 Å². The van der Waals surface area contributed by atoms with Crippen molar-refractivity contribution >= 4 is 87.2 Å². The predicted molar refractivity (Wildman–Crippen MR) is 325 cm³/mol. The first-order valence-electron chi connectivity index (χ1n) is 26.7. The lowest BCUT2D eigenvalue weighted by Gasteiger charge is -2.15. The van der Waals surface area contributed by atoms with Crippen molar-refractivity contribution in [3.05, 3.63) is 266 Å². The molecule has 0 saturated heterocycles. The molecule has 0 aliphatic rings. The Kier molecular flexibility index (Phi) is 9.66. The summed E-state index contributed by atoms with van der Waals surface area (Å²) in [5.41, 5.74) is 21.1. The molecular formula is C72H48N6. The topological polar surface area (TPSA) is 45.5 Å². The molecule has 0 aliphatic heterocycles. The van der Waals surface area contributed by atoms with Crippen molar-refractivity contribution in [1.29, 1.82) is 0 Å². The molecule has 11 aromatic carbocycles. The molecule has 6 nitrogen and oxygen atoms in total. The zero-order chi connectivity index (χ0) is 51.6. The van der Waals surface area contributed by atoms with Crippen LogP contribution >= 0.6 is 0 Å². The summed E-state index contributed by atoms with van der Waals surface area (Å²) in [5, 5.41) is 9.89. The van der Waals surface area contributed by atoms with Crippen LogP contribution < -0.4 is 0 Å². The average molecular weight is 997 g/mol. The van der Waals surface area contributed by atoms with Gasteiger partial charge in [-0.3, -0.25) is 0 Å². The lowest BCUT2D eigenvalue weighted by molar-refractivity contribution is 1.15. The second-order valence-corrected chi connectivity index (χ2v) is 20.7. The largest absolute Gasteiger partial charge is 0.309 e. The van der Waals surface area contributed by atoms with E-state index in [0.717, 1.165) is 73.0 Å². The number of hydrogen-bond acceptors (Lipinski definition) is 2. The summed E-state index contributed by atoms with van der Waals surface area (Å²) in [6.45, 7) is 4.41. The SMILES string of the molecule is Cc1cc(-n2c3ccccc3c3cc(-n4c5ccccc5c5ccccc54)ccc32)ccc1-c1cc(-c2ccc(-n3c4ccccc4c4cc(-n5c6ccccc6c6ccccc65)ccc43)cc2C)nc(-c2ccccc2)n1. The minimum Gasteiger partial charge on any atom is -0.309 e. The van der Waals surface area contributed by atoms with E-state index in [1.165, 1.54) is 76.2 Å². The van der Waals surface area contributed by atoms with Gasteiger partial charge in [0.25, 0.3) is 0 Å². The third-order valence-corrected chi connectivity index (χ3v) is 16.2. The van der Waals surface area contributed by atoms with Crippen LogP contribution in [0.3, 0.4) is 0 Å². The summed E-state index contributed by atoms with van der Waals surface area (Å²) < 4.78 is 9.62. The Balaban J connectivity index is 0.794. The Morgan fingerprint density at radius 3 is 0.872 bits per heavy atom. The summed E-state index contributed by atoms with van der Waals surface area (Å²) in [4.78, 5) is 10.6. The number of fused-ring (bicyclic) bond motifs is 12. The lowest BCUT2D eigenvalue weighted by atomic mass is 9.99. The molecular weight excluding hydrogens is 949 g/mol. The Morgan fingerprint density at radius 1 is 0.244 bits per heavy atom. The van der Waals surface area contributed by atoms with Gasteiger partial charge in [-0.2, -0.15) is 0 Å². The molecule has 6 heteroatoms. The molecule has 0 amide bonds. The number of rotatable bonds is 7. The van der Waals surface area contributed by atoms with E-state index >= 15 is 0 Å². The van der Waals surface area contributed by atoms with Crippen LogP contribution in [-0.4, -0.2) is 28.2 Å². The van der Waals surface area contributed by atoms with Gasteiger partial charge in [0.05, 0.1) is 55.5 Å². The van der Waals surface area contributed by atoms with Crippen LogP contribution in [0.4, 0.5) is 0 Å². The van der Waals surface area contributed by atoms with Crippen LogP contribution in [-0.2, 0) is 0 Å². The molecule has 0 saturated carbocycles. The molecule has 0 aliphatic carbocycles. The smallest absolute Gasteiger partial charge is 0.160 e. The van der Waals surface area contributed by atoms with Gasteiger partial charge in [0.15, 0.2) is 5.82 Å². The lowest BCUT2D eigenvalue weighted by Crippen LogP contribution is -2.00. The minimum atomic E-state index is 0.693. The van der Waals surface area contributed by atoms with Crippen LogP contribution in [0.5, 0.6) is 0 Å². The third-order valence-electron chi connectivity index (χ3n) is 16.2. The molecule has 0 spiro atoms. The van der Waals surface area contributed by atoms with Crippen molar-refractivity contribution in [2.75, 3.05) is 0 Å². The standard InChI is InChI=1S/C72H48N6/c1-45-40-48(75-68-30-16-10-24-58(68)60-42-50(34-38-70(60)75)77-64-26-12-6-20-54(64)55-21-7-13-27-65(55)77)32-36-52(45)62-44-63(74-72(73-62)47-18-4-3-5-19-47)53-37-33-49(41-46(53)2)76-69-31-17-11-25-59(69)61-43-51(35-39-71(61)76)78-66-28-14-8-22-56(66)57-23-9-15-29-67(57)78/h3-44H,1-2H3. The second-order valence-electron chi connectivity index (χ2n) is 20.7. The Morgan fingerprint density at radius 2 is 0.526 bits per heavy atom. The van der Waals surface area contributed by atoms with Crippen molar-refractivity contribution < 1.29 is 0 Å². The maximum Gasteiger partial charge on any atom is 0.160 e. The highest BCUT2D eigenvalue weighted by atomic mass is 15.0. The van der Waals surface area contributed by atoms with E-state index in [0.29, 0.717) is 5.82 Å². The zero-order valence-electron chi connectivity index (χ0n) is 42.9. The van der Waals surface area contributed by atoms with Gasteiger partial charge in [-0.25, -0.2) is 9.97 Å². The highest BCUT2D eigenvalue weighted by molar-refractivity contribution is 6.14. The van der Waals surface area contributed by atoms with Crippen molar-refractivity contribution in [3.8, 4) is 56.7 Å². The van der Waals surface area contributed by atoms with Gasteiger partial charge in [0, 0.05) is 82.5 Å². The van der Waals surface area contributed by atoms with E-state index in [4.69, 9.17) is 9.97 Å². The van der Waals surface area contributed by atoms with E-state index in [9.17, 15) is 0 Å². The van der Waals surface area contributed by atoms with Gasteiger partial charge in [0.2, 0.25) is 0 Å². The molecule has 0 unspecified atom stereocenters. The first-order valence-corrected chi connectivity index (χ1v) is 26.7. The van der Waals surface area contributed by atoms with E-state index in [2.05, 4.69) is 281 Å². The molecule has 16 rings (SSSR count). The van der Waals surface area contributed by atoms with Crippen molar-refractivity contribution in [1.82, 2.24) is 28.2 Å². The van der Waals surface area contributed by atoms with Crippen molar-refractivity contribution in [2.45, 2.75) is 13.8 Å². The maximum absolute atomic E-state index is 5.32. The highest BCUT2D eigenvalue weighted by Gasteiger charge is 2.21. The van der Waals surface area contributed by atoms with Crippen molar-refractivity contribution in [3.63, 3.8) is 0 Å². The quantitative estimate of drug-likeness (QED) is 0.160. The molecule has 16 aromatic rings. The Bertz CT molecular complexity index is 4720. The van der Waals surface area contributed by atoms with Crippen LogP contribution in [0.2, 0.25) is 0 Å². The van der Waals surface area contributed by atoms with Crippen LogP contribution in [0.1, 0.15) is 11.1 Å². The molecule has 366 valence electrons. The summed E-state index contributed by atoms with van der Waals surface area (Å²) in [5.74, 6) is 0.693. The van der Waals surface area contributed by atoms with Crippen LogP contribution in [0.15, 0.2) is 255 Å². The molecule has 5 aromatic heterocycles. The summed E-state index contributed by atoms with van der Waals surface area (Å²) >= 11 is 0.